The van der Waals surface area contributed by atoms with Gasteiger partial charge in [0.05, 0.1) is 11.1 Å². The molecule has 0 unspecified atom stereocenters. The number of aliphatic carboxylic acids is 1. The van der Waals surface area contributed by atoms with Gasteiger partial charge in [-0.05, 0) is 75.1 Å². The highest BCUT2D eigenvalue weighted by Crippen LogP contribution is 2.43. The second-order valence-electron chi connectivity index (χ2n) is 12.4. The molecular formula is C31H35F2N7O3. The van der Waals surface area contributed by atoms with E-state index >= 15 is 0 Å². The molecule has 0 saturated carbocycles. The number of hydrogen-bond acceptors (Lipinski definition) is 8. The Hall–Kier alpha value is -4.03. The molecule has 6 heterocycles. The molecule has 2 aliphatic heterocycles. The molecule has 226 valence electrons. The van der Waals surface area contributed by atoms with Crippen LogP contribution >= 0.6 is 0 Å². The van der Waals surface area contributed by atoms with Crippen molar-refractivity contribution in [3.05, 3.63) is 81.7 Å². The largest absolute Gasteiger partial charge is 0.481 e. The Bertz CT molecular complexity index is 1720. The smallest absolute Gasteiger partial charge is 0.310 e. The number of alkyl halides is 2. The molecule has 0 aliphatic carbocycles. The minimum absolute atomic E-state index is 0.262. The van der Waals surface area contributed by atoms with E-state index in [0.717, 1.165) is 35.5 Å². The summed E-state index contributed by atoms with van der Waals surface area (Å²) >= 11 is 0. The molecule has 0 aromatic carbocycles. The fourth-order valence-electron chi connectivity index (χ4n) is 6.20. The molecule has 2 N–H and O–H groups in total. The number of fused-ring (bicyclic) bond motifs is 2. The normalized spacial score (nSPS) is 17.4. The van der Waals surface area contributed by atoms with Crippen LogP contribution in [0, 0.1) is 26.2 Å². The number of hydrogen-bond donors (Lipinski definition) is 2. The Morgan fingerprint density at radius 1 is 1.19 bits per heavy atom. The maximum Gasteiger partial charge on any atom is 0.310 e. The number of carboxylic acid groups (broad SMARTS) is 1. The van der Waals surface area contributed by atoms with Gasteiger partial charge in [-0.15, -0.1) is 10.2 Å². The summed E-state index contributed by atoms with van der Waals surface area (Å²) in [7, 11) is 0. The van der Waals surface area contributed by atoms with Crippen molar-refractivity contribution in [3.63, 3.8) is 0 Å². The summed E-state index contributed by atoms with van der Waals surface area (Å²) in [4.78, 5) is 24.6. The fraction of sp³-hybridized carbons (Fsp3) is 0.452. The molecule has 1 atom stereocenters. The molecule has 0 bridgehead atoms. The third-order valence-corrected chi connectivity index (χ3v) is 8.74. The van der Waals surface area contributed by atoms with Crippen LogP contribution in [0.4, 0.5) is 8.78 Å². The maximum absolute atomic E-state index is 13.5. The van der Waals surface area contributed by atoms with E-state index in [4.69, 9.17) is 9.72 Å². The van der Waals surface area contributed by atoms with Crippen molar-refractivity contribution in [1.29, 1.82) is 0 Å². The molecule has 6 rings (SSSR count). The van der Waals surface area contributed by atoms with Crippen LogP contribution < -0.4 is 10.1 Å². The van der Waals surface area contributed by atoms with Gasteiger partial charge in [0.25, 0.3) is 6.43 Å². The number of halogens is 2. The standard InChI is InChI=1S/C31H35F2N7O3/c1-17-10-20-12-39(16-31(14-34-15-31)43-28(20)35-11-17)13-23-18(2)6-7-22(36-23)24(30(4,5)29(41)42)21-8-9-40-26(19(21)3)37-38-27(40)25(32)33/h6-11,24-25,34H,12-16H2,1-5H3,(H,41,42)/t24-/m1/s1. The van der Waals surface area contributed by atoms with Crippen LogP contribution in [0.25, 0.3) is 5.65 Å². The zero-order valence-electron chi connectivity index (χ0n) is 24.9. The summed E-state index contributed by atoms with van der Waals surface area (Å²) in [5.74, 6) is -1.49. The molecule has 10 nitrogen and oxygen atoms in total. The van der Waals surface area contributed by atoms with Gasteiger partial charge in [-0.1, -0.05) is 6.07 Å². The first-order valence-corrected chi connectivity index (χ1v) is 14.3. The van der Waals surface area contributed by atoms with E-state index in [1.165, 1.54) is 10.6 Å². The number of nitrogens with one attached hydrogen (secondary N) is 1. The van der Waals surface area contributed by atoms with Crippen molar-refractivity contribution in [3.8, 4) is 5.88 Å². The molecule has 1 saturated heterocycles. The molecular weight excluding hydrogens is 556 g/mol. The predicted octanol–water partition coefficient (Wildman–Crippen LogP) is 4.36. The summed E-state index contributed by atoms with van der Waals surface area (Å²) in [6.45, 7) is 12.4. The van der Waals surface area contributed by atoms with E-state index in [2.05, 4.69) is 31.5 Å². The predicted molar refractivity (Wildman–Crippen MR) is 154 cm³/mol. The number of carbonyl (C=O) groups is 1. The highest BCUT2D eigenvalue weighted by molar-refractivity contribution is 5.76. The Kier molecular flexibility index (Phi) is 7.16. The Morgan fingerprint density at radius 3 is 2.63 bits per heavy atom. The SMILES string of the molecule is Cc1cnc2c(c1)CN(Cc1nc([C@@H](c3ccn4c(C(F)F)nnc4c3C)C(C)(C)C(=O)O)ccc1C)CC1(CNC1)O2. The molecule has 43 heavy (non-hydrogen) atoms. The van der Waals surface area contributed by atoms with Crippen molar-refractivity contribution in [2.45, 2.75) is 65.7 Å². The average molecular weight is 592 g/mol. The topological polar surface area (TPSA) is 118 Å². The lowest BCUT2D eigenvalue weighted by atomic mass is 9.72. The van der Waals surface area contributed by atoms with E-state index in [-0.39, 0.29) is 11.2 Å². The van der Waals surface area contributed by atoms with E-state index in [1.54, 1.807) is 26.8 Å². The van der Waals surface area contributed by atoms with Crippen molar-refractivity contribution >= 4 is 11.6 Å². The van der Waals surface area contributed by atoms with Crippen LogP contribution in [0.1, 0.15) is 71.2 Å². The van der Waals surface area contributed by atoms with Crippen molar-refractivity contribution in [2.75, 3.05) is 19.6 Å². The first kappa shape index (κ1) is 29.1. The molecule has 4 aromatic heterocycles. The summed E-state index contributed by atoms with van der Waals surface area (Å²) in [6, 6.07) is 7.61. The summed E-state index contributed by atoms with van der Waals surface area (Å²) in [5.41, 5.74) is 4.29. The number of aromatic nitrogens is 5. The lowest BCUT2D eigenvalue weighted by molar-refractivity contribution is -0.147. The van der Waals surface area contributed by atoms with Crippen LogP contribution in [-0.4, -0.2) is 65.8 Å². The lowest BCUT2D eigenvalue weighted by Gasteiger charge is -2.43. The lowest BCUT2D eigenvalue weighted by Crippen LogP contribution is -2.67. The third kappa shape index (κ3) is 5.12. The quantitative estimate of drug-likeness (QED) is 0.323. The van der Waals surface area contributed by atoms with Gasteiger partial charge in [-0.25, -0.2) is 13.8 Å². The zero-order chi connectivity index (χ0) is 30.7. The van der Waals surface area contributed by atoms with Crippen molar-refractivity contribution < 1.29 is 23.4 Å². The van der Waals surface area contributed by atoms with Crippen LogP contribution in [-0.2, 0) is 17.9 Å². The number of carboxylic acids is 1. The second-order valence-corrected chi connectivity index (χ2v) is 12.4. The number of aryl methyl sites for hydroxylation is 3. The molecule has 1 spiro atoms. The van der Waals surface area contributed by atoms with E-state index < -0.39 is 29.6 Å². The zero-order valence-corrected chi connectivity index (χ0v) is 24.9. The van der Waals surface area contributed by atoms with Crippen molar-refractivity contribution in [2.24, 2.45) is 5.41 Å². The minimum Gasteiger partial charge on any atom is -0.481 e. The Labute approximate surface area is 248 Å². The highest BCUT2D eigenvalue weighted by atomic mass is 19.3. The van der Waals surface area contributed by atoms with E-state index in [1.807, 2.05) is 32.2 Å². The highest BCUT2D eigenvalue weighted by Gasteiger charge is 2.44. The summed E-state index contributed by atoms with van der Waals surface area (Å²) in [6.07, 6.45) is 0.510. The molecule has 0 radical (unpaired) electrons. The number of rotatable bonds is 7. The number of ether oxygens (including phenoxy) is 1. The van der Waals surface area contributed by atoms with Gasteiger partial charge in [-0.2, -0.15) is 0 Å². The van der Waals surface area contributed by atoms with Gasteiger partial charge in [0.1, 0.15) is 5.60 Å². The Balaban J connectivity index is 1.41. The Morgan fingerprint density at radius 2 is 1.95 bits per heavy atom. The molecule has 12 heteroatoms. The number of pyridine rings is 3. The maximum atomic E-state index is 13.5. The van der Waals surface area contributed by atoms with Crippen LogP contribution in [0.5, 0.6) is 5.88 Å². The van der Waals surface area contributed by atoms with Crippen LogP contribution in [0.3, 0.4) is 0 Å². The van der Waals surface area contributed by atoms with Gasteiger partial charge in [0.2, 0.25) is 11.7 Å². The van der Waals surface area contributed by atoms with Gasteiger partial charge in [-0.3, -0.25) is 19.1 Å². The van der Waals surface area contributed by atoms with Crippen LogP contribution in [0.15, 0.2) is 36.7 Å². The first-order valence-electron chi connectivity index (χ1n) is 14.3. The molecule has 2 aliphatic rings. The number of nitrogens with zero attached hydrogens (tertiary/aromatic N) is 6. The second kappa shape index (κ2) is 10.6. The van der Waals surface area contributed by atoms with Gasteiger partial charge < -0.3 is 15.2 Å². The van der Waals surface area contributed by atoms with E-state index in [9.17, 15) is 18.7 Å². The first-order chi connectivity index (χ1) is 20.4. The summed E-state index contributed by atoms with van der Waals surface area (Å²) in [5, 5.41) is 21.4. The fourth-order valence-corrected chi connectivity index (χ4v) is 6.20. The monoisotopic (exact) mass is 591 g/mol. The average Bonchev–Trinajstić information content (AvgIpc) is 3.29. The van der Waals surface area contributed by atoms with Crippen LogP contribution in [0.2, 0.25) is 0 Å². The van der Waals surface area contributed by atoms with Gasteiger partial charge >= 0.3 is 5.97 Å². The third-order valence-electron chi connectivity index (χ3n) is 8.74. The molecule has 0 amide bonds. The summed E-state index contributed by atoms with van der Waals surface area (Å²) < 4.78 is 34.7. The van der Waals surface area contributed by atoms with Crippen molar-refractivity contribution in [1.82, 2.24) is 34.8 Å². The van der Waals surface area contributed by atoms with E-state index in [0.29, 0.717) is 42.3 Å². The molecule has 1 fully saturated rings. The van der Waals surface area contributed by atoms with Gasteiger partial charge in [0.15, 0.2) is 5.65 Å². The minimum atomic E-state index is -2.79. The van der Waals surface area contributed by atoms with Gasteiger partial charge in [0, 0.05) is 62.3 Å². The molecule has 4 aromatic rings.